The second-order valence-electron chi connectivity index (χ2n) is 7.13. The van der Waals surface area contributed by atoms with E-state index in [0.29, 0.717) is 11.3 Å². The highest BCUT2D eigenvalue weighted by Crippen LogP contribution is 2.25. The number of anilines is 2. The van der Waals surface area contributed by atoms with Crippen LogP contribution in [-0.4, -0.2) is 17.9 Å². The highest BCUT2D eigenvalue weighted by molar-refractivity contribution is 5.92. The smallest absolute Gasteiger partial charge is 0.247 e. The summed E-state index contributed by atoms with van der Waals surface area (Å²) in [6.07, 6.45) is 1.98. The highest BCUT2D eigenvalue weighted by Gasteiger charge is 2.28. The monoisotopic (exact) mass is 369 g/mol. The fourth-order valence-electron chi connectivity index (χ4n) is 2.57. The fourth-order valence-corrected chi connectivity index (χ4v) is 2.57. The van der Waals surface area contributed by atoms with Gasteiger partial charge in [0.1, 0.15) is 11.9 Å². The molecule has 3 N–H and O–H groups in total. The second-order valence-corrected chi connectivity index (χ2v) is 7.13. The molecule has 0 radical (unpaired) electrons. The van der Waals surface area contributed by atoms with Crippen molar-refractivity contribution in [3.05, 3.63) is 59.9 Å². The van der Waals surface area contributed by atoms with E-state index in [1.165, 1.54) is 12.1 Å². The molecule has 1 unspecified atom stereocenters. The normalized spacial score (nSPS) is 14.5. The minimum absolute atomic E-state index is 0.0521. The van der Waals surface area contributed by atoms with Gasteiger partial charge in [0.2, 0.25) is 11.8 Å². The molecule has 27 heavy (non-hydrogen) atoms. The van der Waals surface area contributed by atoms with Crippen LogP contribution in [0.4, 0.5) is 15.8 Å². The van der Waals surface area contributed by atoms with Crippen molar-refractivity contribution in [3.8, 4) is 0 Å². The summed E-state index contributed by atoms with van der Waals surface area (Å²) in [4.78, 5) is 24.4. The third kappa shape index (κ3) is 5.29. The molecule has 2 aromatic carbocycles. The first kappa shape index (κ1) is 18.9. The Morgan fingerprint density at radius 1 is 0.926 bits per heavy atom. The Balaban J connectivity index is 1.73. The molecule has 1 aliphatic carbocycles. The lowest BCUT2D eigenvalue weighted by Gasteiger charge is -2.20. The van der Waals surface area contributed by atoms with Gasteiger partial charge in [-0.1, -0.05) is 26.0 Å². The van der Waals surface area contributed by atoms with E-state index in [1.807, 2.05) is 13.8 Å². The summed E-state index contributed by atoms with van der Waals surface area (Å²) in [5.74, 6) is -0.632. The largest absolute Gasteiger partial charge is 0.370 e. The molecule has 1 aliphatic rings. The number of benzene rings is 2. The Kier molecular flexibility index (Phi) is 5.74. The van der Waals surface area contributed by atoms with E-state index in [2.05, 4.69) is 16.0 Å². The third-order valence-electron chi connectivity index (χ3n) is 4.38. The number of carbonyl (C=O) groups excluding carboxylic acids is 2. The quantitative estimate of drug-likeness (QED) is 0.694. The van der Waals surface area contributed by atoms with Gasteiger partial charge in [-0.25, -0.2) is 4.39 Å². The Hall–Kier alpha value is -2.89. The average Bonchev–Trinajstić information content (AvgIpc) is 3.45. The van der Waals surface area contributed by atoms with Gasteiger partial charge in [-0.2, -0.15) is 0 Å². The van der Waals surface area contributed by atoms with E-state index >= 15 is 0 Å². The third-order valence-corrected chi connectivity index (χ3v) is 4.38. The molecule has 2 aromatic rings. The van der Waals surface area contributed by atoms with Gasteiger partial charge in [0.25, 0.3) is 0 Å². The summed E-state index contributed by atoms with van der Waals surface area (Å²) >= 11 is 0. The average molecular weight is 369 g/mol. The topological polar surface area (TPSA) is 70.2 Å². The molecule has 2 amide bonds. The summed E-state index contributed by atoms with van der Waals surface area (Å²) in [7, 11) is 0. The number of carbonyl (C=O) groups is 2. The van der Waals surface area contributed by atoms with Crippen LogP contribution in [0.1, 0.15) is 38.3 Å². The number of halogens is 1. The summed E-state index contributed by atoms with van der Waals surface area (Å²) in [6.45, 7) is 3.66. The van der Waals surface area contributed by atoms with Gasteiger partial charge in [0.15, 0.2) is 0 Å². The lowest BCUT2D eigenvalue weighted by Crippen LogP contribution is -2.34. The van der Waals surface area contributed by atoms with Crippen molar-refractivity contribution in [1.29, 1.82) is 0 Å². The molecule has 0 saturated heterocycles. The maximum atomic E-state index is 13.2. The summed E-state index contributed by atoms with van der Waals surface area (Å²) in [5, 5.41) is 9.02. The molecular weight excluding hydrogens is 345 g/mol. The standard InChI is InChI=1S/C21H24FN3O2/c1-13(2)20(26)24-17-9-7-16(8-10-17)23-19(21(27)25-18-11-12-18)14-3-5-15(22)6-4-14/h3-10,13,18-19,23H,11-12H2,1-2H3,(H,24,26)(H,25,27). The van der Waals surface area contributed by atoms with Crippen molar-refractivity contribution in [2.75, 3.05) is 10.6 Å². The lowest BCUT2D eigenvalue weighted by molar-refractivity contribution is -0.122. The molecule has 5 nitrogen and oxygen atoms in total. The Labute approximate surface area is 158 Å². The van der Waals surface area contributed by atoms with E-state index in [4.69, 9.17) is 0 Å². The Morgan fingerprint density at radius 3 is 2.07 bits per heavy atom. The van der Waals surface area contributed by atoms with Crippen molar-refractivity contribution >= 4 is 23.2 Å². The van der Waals surface area contributed by atoms with Crippen LogP contribution in [0, 0.1) is 11.7 Å². The van der Waals surface area contributed by atoms with Gasteiger partial charge >= 0.3 is 0 Å². The molecule has 6 heteroatoms. The van der Waals surface area contributed by atoms with Crippen LogP contribution >= 0.6 is 0 Å². The van der Waals surface area contributed by atoms with Crippen LogP contribution in [-0.2, 0) is 9.59 Å². The fraction of sp³-hybridized carbons (Fsp3) is 0.333. The molecule has 0 bridgehead atoms. The molecule has 0 aromatic heterocycles. The number of nitrogens with one attached hydrogen (secondary N) is 3. The molecule has 1 fully saturated rings. The van der Waals surface area contributed by atoms with Gasteiger partial charge in [-0.05, 0) is 54.8 Å². The van der Waals surface area contributed by atoms with Gasteiger partial charge in [-0.15, -0.1) is 0 Å². The predicted molar refractivity (Wildman–Crippen MR) is 104 cm³/mol. The highest BCUT2D eigenvalue weighted by atomic mass is 19.1. The van der Waals surface area contributed by atoms with Gasteiger partial charge in [-0.3, -0.25) is 9.59 Å². The van der Waals surface area contributed by atoms with Crippen LogP contribution < -0.4 is 16.0 Å². The van der Waals surface area contributed by atoms with Gasteiger partial charge < -0.3 is 16.0 Å². The predicted octanol–water partition coefficient (Wildman–Crippen LogP) is 3.85. The van der Waals surface area contributed by atoms with Crippen LogP contribution in [0.25, 0.3) is 0 Å². The molecule has 0 heterocycles. The molecule has 142 valence electrons. The lowest BCUT2D eigenvalue weighted by atomic mass is 10.1. The zero-order valence-electron chi connectivity index (χ0n) is 15.5. The maximum Gasteiger partial charge on any atom is 0.247 e. The van der Waals surface area contributed by atoms with E-state index in [1.54, 1.807) is 36.4 Å². The Morgan fingerprint density at radius 2 is 1.52 bits per heavy atom. The minimum Gasteiger partial charge on any atom is -0.370 e. The van der Waals surface area contributed by atoms with Gasteiger partial charge in [0, 0.05) is 23.3 Å². The molecule has 0 spiro atoms. The van der Waals surface area contributed by atoms with Crippen LogP contribution in [0.2, 0.25) is 0 Å². The van der Waals surface area contributed by atoms with Crippen molar-refractivity contribution < 1.29 is 14.0 Å². The van der Waals surface area contributed by atoms with E-state index in [0.717, 1.165) is 18.5 Å². The number of hydrogen-bond donors (Lipinski definition) is 3. The number of rotatable bonds is 7. The zero-order valence-corrected chi connectivity index (χ0v) is 15.5. The summed E-state index contributed by atoms with van der Waals surface area (Å²) < 4.78 is 13.2. The van der Waals surface area contributed by atoms with Crippen molar-refractivity contribution in [2.24, 2.45) is 5.92 Å². The Bertz CT molecular complexity index is 799. The molecule has 3 rings (SSSR count). The molecule has 0 aliphatic heterocycles. The van der Waals surface area contributed by atoms with E-state index < -0.39 is 6.04 Å². The number of hydrogen-bond acceptors (Lipinski definition) is 3. The first-order chi connectivity index (χ1) is 12.9. The summed E-state index contributed by atoms with van der Waals surface area (Å²) in [6, 6.07) is 12.7. The van der Waals surface area contributed by atoms with Crippen LogP contribution in [0.15, 0.2) is 48.5 Å². The number of amides is 2. The van der Waals surface area contributed by atoms with Crippen molar-refractivity contribution in [1.82, 2.24) is 5.32 Å². The van der Waals surface area contributed by atoms with Crippen LogP contribution in [0.5, 0.6) is 0 Å². The first-order valence-electron chi connectivity index (χ1n) is 9.15. The van der Waals surface area contributed by atoms with E-state index in [-0.39, 0.29) is 29.6 Å². The summed E-state index contributed by atoms with van der Waals surface area (Å²) in [5.41, 5.74) is 2.12. The minimum atomic E-state index is -0.623. The molecule has 1 saturated carbocycles. The van der Waals surface area contributed by atoms with E-state index in [9.17, 15) is 14.0 Å². The second kappa shape index (κ2) is 8.20. The zero-order chi connectivity index (χ0) is 19.4. The van der Waals surface area contributed by atoms with Crippen molar-refractivity contribution in [2.45, 2.75) is 38.8 Å². The first-order valence-corrected chi connectivity index (χ1v) is 9.15. The van der Waals surface area contributed by atoms with Crippen molar-refractivity contribution in [3.63, 3.8) is 0 Å². The SMILES string of the molecule is CC(C)C(=O)Nc1ccc(NC(C(=O)NC2CC2)c2ccc(F)cc2)cc1. The van der Waals surface area contributed by atoms with Gasteiger partial charge in [0.05, 0.1) is 0 Å². The van der Waals surface area contributed by atoms with Crippen LogP contribution in [0.3, 0.4) is 0 Å². The molecule has 1 atom stereocenters. The molecular formula is C21H24FN3O2. The maximum absolute atomic E-state index is 13.2.